The van der Waals surface area contributed by atoms with Gasteiger partial charge in [0, 0.05) is 22.3 Å². The summed E-state index contributed by atoms with van der Waals surface area (Å²) in [4.78, 5) is 27.0. The molecule has 1 aliphatic carbocycles. The molecule has 0 amide bonds. The number of hydrogen-bond donors (Lipinski definition) is 1. The highest BCUT2D eigenvalue weighted by molar-refractivity contribution is 6.40. The van der Waals surface area contributed by atoms with Crippen LogP contribution in [-0.2, 0) is 15.6 Å². The Morgan fingerprint density at radius 3 is 1.81 bits per heavy atom. The van der Waals surface area contributed by atoms with E-state index in [1.165, 1.54) is 7.11 Å². The first kappa shape index (κ1) is 22.8. The molecule has 31 heavy (non-hydrogen) atoms. The zero-order valence-electron chi connectivity index (χ0n) is 20.0. The van der Waals surface area contributed by atoms with Crippen LogP contribution in [0.1, 0.15) is 90.1 Å². The molecule has 0 aliphatic heterocycles. The number of hydrogen-bond acceptors (Lipinski definition) is 4. The number of ketones is 2. The van der Waals surface area contributed by atoms with Gasteiger partial charge in [0.05, 0.1) is 12.7 Å². The predicted octanol–water partition coefficient (Wildman–Crippen LogP) is 6.04. The molecule has 1 aliphatic rings. The third-order valence-corrected chi connectivity index (χ3v) is 6.09. The Balaban J connectivity index is 2.40. The zero-order chi connectivity index (χ0) is 23.5. The smallest absolute Gasteiger partial charge is 0.229 e. The highest BCUT2D eigenvalue weighted by Gasteiger charge is 2.37. The molecule has 4 heteroatoms. The molecule has 0 heterocycles. The molecule has 0 saturated carbocycles. The summed E-state index contributed by atoms with van der Waals surface area (Å²) in [7, 11) is 1.42. The molecule has 3 rings (SSSR count). The quantitative estimate of drug-likeness (QED) is 0.643. The van der Waals surface area contributed by atoms with Crippen molar-refractivity contribution in [3.05, 3.63) is 69.0 Å². The lowest BCUT2D eigenvalue weighted by Crippen LogP contribution is -2.25. The third kappa shape index (κ3) is 3.69. The number of rotatable bonds is 2. The van der Waals surface area contributed by atoms with Gasteiger partial charge in [-0.15, -0.1) is 0 Å². The van der Waals surface area contributed by atoms with Crippen molar-refractivity contribution in [2.75, 3.05) is 7.11 Å². The van der Waals surface area contributed by atoms with E-state index in [0.29, 0.717) is 16.7 Å². The Morgan fingerprint density at radius 2 is 1.35 bits per heavy atom. The summed E-state index contributed by atoms with van der Waals surface area (Å²) in [5.41, 5.74) is 4.12. The Labute approximate surface area is 184 Å². The number of benzene rings is 2. The second-order valence-electron chi connectivity index (χ2n) is 10.4. The van der Waals surface area contributed by atoms with E-state index in [1.54, 1.807) is 6.07 Å². The van der Waals surface area contributed by atoms with E-state index in [4.69, 9.17) is 4.74 Å². The number of aryl methyl sites for hydroxylation is 1. The number of allylic oxidation sites excluding steroid dienone is 2. The van der Waals surface area contributed by atoms with E-state index >= 15 is 0 Å². The lowest BCUT2D eigenvalue weighted by molar-refractivity contribution is 0.0924. The van der Waals surface area contributed by atoms with Crippen molar-refractivity contribution in [3.8, 4) is 5.75 Å². The second kappa shape index (κ2) is 7.37. The Hall–Kier alpha value is -2.88. The molecular weight excluding hydrogens is 388 g/mol. The lowest BCUT2D eigenvalue weighted by Gasteiger charge is -2.29. The summed E-state index contributed by atoms with van der Waals surface area (Å²) >= 11 is 0. The van der Waals surface area contributed by atoms with Crippen LogP contribution in [0.3, 0.4) is 0 Å². The van der Waals surface area contributed by atoms with Gasteiger partial charge in [0.25, 0.3) is 0 Å². The van der Waals surface area contributed by atoms with Crippen molar-refractivity contribution in [3.63, 3.8) is 0 Å². The highest BCUT2D eigenvalue weighted by atomic mass is 16.5. The summed E-state index contributed by atoms with van der Waals surface area (Å²) in [6.45, 7) is 15.9. The van der Waals surface area contributed by atoms with Crippen LogP contribution in [-0.4, -0.2) is 23.8 Å². The van der Waals surface area contributed by atoms with Crippen molar-refractivity contribution in [1.82, 2.24) is 0 Å². The fourth-order valence-electron chi connectivity index (χ4n) is 4.14. The monoisotopic (exact) mass is 420 g/mol. The van der Waals surface area contributed by atoms with Gasteiger partial charge < -0.3 is 9.84 Å². The summed E-state index contributed by atoms with van der Waals surface area (Å²) < 4.78 is 5.52. The van der Waals surface area contributed by atoms with Gasteiger partial charge in [-0.05, 0) is 53.5 Å². The van der Waals surface area contributed by atoms with Gasteiger partial charge >= 0.3 is 0 Å². The van der Waals surface area contributed by atoms with E-state index in [0.717, 1.165) is 22.3 Å². The largest absolute Gasteiger partial charge is 0.507 e. The van der Waals surface area contributed by atoms with Crippen LogP contribution in [0.2, 0.25) is 0 Å². The minimum Gasteiger partial charge on any atom is -0.507 e. The molecule has 0 fully saturated rings. The standard InChI is InChI=1S/C27H32O4/c1-14-10-11-17-20(15(14)2)24(30)25(31-9)21(22(17)28)16-12-18(26(3,4)5)23(29)19(13-16)27(6,7)8/h10-13,29H,1-9H3. The SMILES string of the molecule is COC1=C(c2cc(C(C)(C)C)c(O)c(C(C)(C)C)c2)C(=O)c2ccc(C)c(C)c2C1=O. The minimum atomic E-state index is -0.360. The molecule has 0 bridgehead atoms. The molecule has 0 radical (unpaired) electrons. The van der Waals surface area contributed by atoms with E-state index in [-0.39, 0.29) is 39.5 Å². The van der Waals surface area contributed by atoms with Crippen molar-refractivity contribution in [2.24, 2.45) is 0 Å². The van der Waals surface area contributed by atoms with Crippen molar-refractivity contribution in [1.29, 1.82) is 0 Å². The fourth-order valence-corrected chi connectivity index (χ4v) is 4.14. The number of methoxy groups -OCH3 is 1. The number of aromatic hydroxyl groups is 1. The van der Waals surface area contributed by atoms with Gasteiger partial charge in [-0.2, -0.15) is 0 Å². The summed E-state index contributed by atoms with van der Waals surface area (Å²) in [5.74, 6) is -0.239. The van der Waals surface area contributed by atoms with Crippen molar-refractivity contribution in [2.45, 2.75) is 66.2 Å². The van der Waals surface area contributed by atoms with Crippen LogP contribution in [0.15, 0.2) is 30.0 Å². The average molecular weight is 421 g/mol. The maximum Gasteiger partial charge on any atom is 0.229 e. The molecule has 0 aromatic heterocycles. The van der Waals surface area contributed by atoms with E-state index in [9.17, 15) is 14.7 Å². The summed E-state index contributed by atoms with van der Waals surface area (Å²) in [6, 6.07) is 7.22. The topological polar surface area (TPSA) is 63.6 Å². The van der Waals surface area contributed by atoms with Crippen LogP contribution >= 0.6 is 0 Å². The zero-order valence-corrected chi connectivity index (χ0v) is 20.0. The molecule has 1 N–H and O–H groups in total. The number of carbonyl (C=O) groups is 2. The average Bonchev–Trinajstić information content (AvgIpc) is 2.65. The van der Waals surface area contributed by atoms with Crippen LogP contribution < -0.4 is 0 Å². The molecule has 2 aromatic rings. The first-order valence-electron chi connectivity index (χ1n) is 10.6. The number of Topliss-reactive ketones (excluding diaryl/α,β-unsaturated/α-hetero) is 2. The van der Waals surface area contributed by atoms with Gasteiger partial charge in [0.15, 0.2) is 11.5 Å². The number of carbonyl (C=O) groups excluding carboxylic acids is 2. The predicted molar refractivity (Wildman–Crippen MR) is 124 cm³/mol. The molecule has 2 aromatic carbocycles. The number of phenolic OH excluding ortho intramolecular Hbond substituents is 1. The summed E-state index contributed by atoms with van der Waals surface area (Å²) in [6.07, 6.45) is 0. The van der Waals surface area contributed by atoms with Crippen molar-refractivity contribution < 1.29 is 19.4 Å². The van der Waals surface area contributed by atoms with E-state index < -0.39 is 0 Å². The first-order chi connectivity index (χ1) is 14.2. The maximum absolute atomic E-state index is 13.6. The molecule has 0 spiro atoms. The number of phenols is 1. The Bertz CT molecular complexity index is 1100. The van der Waals surface area contributed by atoms with Gasteiger partial charge in [-0.3, -0.25) is 9.59 Å². The molecule has 4 nitrogen and oxygen atoms in total. The van der Waals surface area contributed by atoms with Crippen LogP contribution in [0.25, 0.3) is 5.57 Å². The lowest BCUT2D eigenvalue weighted by atomic mass is 9.75. The van der Waals surface area contributed by atoms with Crippen LogP contribution in [0.4, 0.5) is 0 Å². The van der Waals surface area contributed by atoms with Crippen molar-refractivity contribution >= 4 is 17.1 Å². The van der Waals surface area contributed by atoms with Gasteiger partial charge in [0.2, 0.25) is 5.78 Å². The maximum atomic E-state index is 13.6. The van der Waals surface area contributed by atoms with Gasteiger partial charge in [-0.25, -0.2) is 0 Å². The second-order valence-corrected chi connectivity index (χ2v) is 10.4. The Kier molecular flexibility index (Phi) is 5.42. The third-order valence-electron chi connectivity index (χ3n) is 6.09. The van der Waals surface area contributed by atoms with Crippen LogP contribution in [0, 0.1) is 13.8 Å². The molecule has 0 saturated heterocycles. The highest BCUT2D eigenvalue weighted by Crippen LogP contribution is 2.43. The molecule has 164 valence electrons. The normalized spacial score (nSPS) is 14.7. The molecule has 0 unspecified atom stereocenters. The minimum absolute atomic E-state index is 0.0524. The first-order valence-corrected chi connectivity index (χ1v) is 10.6. The van der Waals surface area contributed by atoms with Crippen LogP contribution in [0.5, 0.6) is 5.75 Å². The summed E-state index contributed by atoms with van der Waals surface area (Å²) in [5, 5.41) is 11.0. The number of fused-ring (bicyclic) bond motifs is 1. The van der Waals surface area contributed by atoms with E-state index in [2.05, 4.69) is 0 Å². The molecule has 0 atom stereocenters. The fraction of sp³-hybridized carbons (Fsp3) is 0.407. The number of ether oxygens (including phenoxy) is 1. The van der Waals surface area contributed by atoms with Gasteiger partial charge in [-0.1, -0.05) is 53.7 Å². The Morgan fingerprint density at radius 1 is 0.839 bits per heavy atom. The van der Waals surface area contributed by atoms with Gasteiger partial charge in [0.1, 0.15) is 5.75 Å². The molecular formula is C27H32O4. The van der Waals surface area contributed by atoms with E-state index in [1.807, 2.05) is 73.6 Å².